The van der Waals surface area contributed by atoms with Gasteiger partial charge in [0.05, 0.1) is 0 Å². The van der Waals surface area contributed by atoms with Gasteiger partial charge in [-0.3, -0.25) is 9.69 Å². The number of hydrogen-bond donors (Lipinski definition) is 1. The van der Waals surface area contributed by atoms with E-state index in [0.717, 1.165) is 29.0 Å². The van der Waals surface area contributed by atoms with Crippen molar-refractivity contribution in [3.8, 4) is 5.75 Å². The van der Waals surface area contributed by atoms with Gasteiger partial charge in [-0.1, -0.05) is 49.7 Å². The summed E-state index contributed by atoms with van der Waals surface area (Å²) in [6.45, 7) is 9.92. The van der Waals surface area contributed by atoms with Gasteiger partial charge < -0.3 is 10.1 Å². The predicted molar refractivity (Wildman–Crippen MR) is 118 cm³/mol. The molecule has 1 saturated heterocycles. The van der Waals surface area contributed by atoms with E-state index >= 15 is 0 Å². The van der Waals surface area contributed by atoms with E-state index in [1.807, 2.05) is 32.9 Å². The molecule has 0 unspecified atom stereocenters. The number of rotatable bonds is 8. The van der Waals surface area contributed by atoms with Gasteiger partial charge in [0, 0.05) is 13.1 Å². The predicted octanol–water partition coefficient (Wildman–Crippen LogP) is 4.76. The van der Waals surface area contributed by atoms with E-state index in [1.165, 1.54) is 37.9 Å². The summed E-state index contributed by atoms with van der Waals surface area (Å²) >= 11 is 0. The summed E-state index contributed by atoms with van der Waals surface area (Å²) in [5.74, 6) is 0.727. The summed E-state index contributed by atoms with van der Waals surface area (Å²) in [5.41, 5.74) is 4.63. The quantitative estimate of drug-likeness (QED) is 0.702. The number of benzene rings is 2. The number of likely N-dealkylation sites (tertiary alicyclic amines) is 1. The summed E-state index contributed by atoms with van der Waals surface area (Å²) < 4.78 is 6.03. The minimum atomic E-state index is -0.480. The van der Waals surface area contributed by atoms with Crippen LogP contribution in [0.25, 0.3) is 0 Å². The highest BCUT2D eigenvalue weighted by Gasteiger charge is 2.19. The Morgan fingerprint density at radius 3 is 2.59 bits per heavy atom. The van der Waals surface area contributed by atoms with Gasteiger partial charge >= 0.3 is 0 Å². The highest BCUT2D eigenvalue weighted by molar-refractivity contribution is 5.81. The second kappa shape index (κ2) is 10.4. The van der Waals surface area contributed by atoms with Gasteiger partial charge in [-0.2, -0.15) is 0 Å². The SMILES string of the molecule is CC[C@@H](Oc1cc(C)ccc1C)C(=O)NCc1cccc(CN2CCCCC2)c1. The van der Waals surface area contributed by atoms with Gasteiger partial charge in [0.25, 0.3) is 5.91 Å². The van der Waals surface area contributed by atoms with Crippen molar-refractivity contribution < 1.29 is 9.53 Å². The van der Waals surface area contributed by atoms with E-state index in [1.54, 1.807) is 0 Å². The van der Waals surface area contributed by atoms with Crippen LogP contribution < -0.4 is 10.1 Å². The second-order valence-electron chi connectivity index (χ2n) is 8.16. The fraction of sp³-hybridized carbons (Fsp3) is 0.480. The topological polar surface area (TPSA) is 41.6 Å². The van der Waals surface area contributed by atoms with Crippen molar-refractivity contribution in [1.29, 1.82) is 0 Å². The van der Waals surface area contributed by atoms with Crippen LogP contribution in [0.1, 0.15) is 54.9 Å². The van der Waals surface area contributed by atoms with Crippen LogP contribution in [-0.2, 0) is 17.9 Å². The number of nitrogens with one attached hydrogen (secondary N) is 1. The van der Waals surface area contributed by atoms with Crippen LogP contribution in [0.15, 0.2) is 42.5 Å². The maximum absolute atomic E-state index is 12.7. The molecule has 0 spiro atoms. The molecular weight excluding hydrogens is 360 g/mol. The number of ether oxygens (including phenoxy) is 1. The minimum Gasteiger partial charge on any atom is -0.480 e. The normalized spacial score (nSPS) is 15.7. The molecule has 3 rings (SSSR count). The van der Waals surface area contributed by atoms with Crippen LogP contribution in [0.4, 0.5) is 0 Å². The molecule has 1 atom stereocenters. The first-order valence-electron chi connectivity index (χ1n) is 10.9. The fourth-order valence-corrected chi connectivity index (χ4v) is 3.83. The summed E-state index contributed by atoms with van der Waals surface area (Å²) in [7, 11) is 0. The zero-order chi connectivity index (χ0) is 20.6. The Bertz CT molecular complexity index is 812. The molecule has 2 aromatic carbocycles. The molecule has 0 saturated carbocycles. The Kier molecular flexibility index (Phi) is 7.70. The molecule has 1 heterocycles. The molecule has 1 amide bonds. The maximum Gasteiger partial charge on any atom is 0.261 e. The molecule has 0 radical (unpaired) electrons. The van der Waals surface area contributed by atoms with E-state index in [-0.39, 0.29) is 5.91 Å². The molecule has 0 bridgehead atoms. The summed E-state index contributed by atoms with van der Waals surface area (Å²) in [6.07, 6.45) is 4.11. The van der Waals surface area contributed by atoms with Gasteiger partial charge in [-0.25, -0.2) is 0 Å². The molecule has 0 aromatic heterocycles. The first kappa shape index (κ1) is 21.4. The Morgan fingerprint density at radius 2 is 1.83 bits per heavy atom. The molecule has 1 aliphatic heterocycles. The third-order valence-electron chi connectivity index (χ3n) is 5.59. The Labute approximate surface area is 175 Å². The van der Waals surface area contributed by atoms with Crippen molar-refractivity contribution >= 4 is 5.91 Å². The lowest BCUT2D eigenvalue weighted by Crippen LogP contribution is -2.37. The largest absolute Gasteiger partial charge is 0.480 e. The van der Waals surface area contributed by atoms with E-state index in [2.05, 4.69) is 40.5 Å². The molecule has 4 nitrogen and oxygen atoms in total. The number of piperidine rings is 1. The number of carbonyl (C=O) groups excluding carboxylic acids is 1. The minimum absolute atomic E-state index is 0.0603. The average molecular weight is 395 g/mol. The van der Waals surface area contributed by atoms with E-state index in [9.17, 15) is 4.79 Å². The van der Waals surface area contributed by atoms with Gasteiger partial charge in [-0.05, 0) is 74.5 Å². The highest BCUT2D eigenvalue weighted by Crippen LogP contribution is 2.21. The number of nitrogens with zero attached hydrogens (tertiary/aromatic N) is 1. The van der Waals surface area contributed by atoms with Crippen LogP contribution in [0.5, 0.6) is 5.75 Å². The van der Waals surface area contributed by atoms with E-state index < -0.39 is 6.10 Å². The molecule has 4 heteroatoms. The zero-order valence-corrected chi connectivity index (χ0v) is 18.0. The molecule has 1 aliphatic rings. The first-order chi connectivity index (χ1) is 14.0. The smallest absolute Gasteiger partial charge is 0.261 e. The number of aryl methyl sites for hydroxylation is 2. The van der Waals surface area contributed by atoms with Gasteiger partial charge in [0.1, 0.15) is 5.75 Å². The lowest BCUT2D eigenvalue weighted by atomic mass is 10.1. The molecule has 156 valence electrons. The fourth-order valence-electron chi connectivity index (χ4n) is 3.83. The van der Waals surface area contributed by atoms with Crippen molar-refractivity contribution in [2.24, 2.45) is 0 Å². The monoisotopic (exact) mass is 394 g/mol. The average Bonchev–Trinajstić information content (AvgIpc) is 2.73. The first-order valence-corrected chi connectivity index (χ1v) is 10.9. The molecule has 29 heavy (non-hydrogen) atoms. The Hall–Kier alpha value is -2.33. The van der Waals surface area contributed by atoms with Crippen molar-refractivity contribution in [3.05, 3.63) is 64.7 Å². The molecule has 2 aromatic rings. The van der Waals surface area contributed by atoms with Gasteiger partial charge in [0.15, 0.2) is 6.10 Å². The lowest BCUT2D eigenvalue weighted by Gasteiger charge is -2.26. The lowest BCUT2D eigenvalue weighted by molar-refractivity contribution is -0.128. The third-order valence-corrected chi connectivity index (χ3v) is 5.59. The van der Waals surface area contributed by atoms with Gasteiger partial charge in [0.2, 0.25) is 0 Å². The van der Waals surface area contributed by atoms with Crippen molar-refractivity contribution in [2.45, 2.75) is 65.6 Å². The summed E-state index contributed by atoms with van der Waals surface area (Å²) in [5, 5.41) is 3.06. The highest BCUT2D eigenvalue weighted by atomic mass is 16.5. The van der Waals surface area contributed by atoms with Crippen molar-refractivity contribution in [2.75, 3.05) is 13.1 Å². The number of hydrogen-bond acceptors (Lipinski definition) is 3. The maximum atomic E-state index is 12.7. The molecular formula is C25H34N2O2. The summed E-state index contributed by atoms with van der Waals surface area (Å²) in [6, 6.07) is 14.6. The number of amides is 1. The molecule has 1 fully saturated rings. The standard InChI is InChI=1S/C25H34N2O2/c1-4-23(29-24-15-19(2)11-12-20(24)3)25(28)26-17-21-9-8-10-22(16-21)18-27-13-6-5-7-14-27/h8-12,15-16,23H,4-7,13-14,17-18H2,1-3H3,(H,26,28)/t23-/m1/s1. The third kappa shape index (κ3) is 6.33. The molecule has 0 aliphatic carbocycles. The summed E-state index contributed by atoms with van der Waals surface area (Å²) in [4.78, 5) is 15.2. The van der Waals surface area contributed by atoms with Crippen molar-refractivity contribution in [3.63, 3.8) is 0 Å². The van der Waals surface area contributed by atoms with Crippen LogP contribution in [0, 0.1) is 13.8 Å². The second-order valence-corrected chi connectivity index (χ2v) is 8.16. The number of carbonyl (C=O) groups is 1. The van der Waals surface area contributed by atoms with Crippen LogP contribution in [0.3, 0.4) is 0 Å². The Balaban J connectivity index is 1.55. The van der Waals surface area contributed by atoms with E-state index in [0.29, 0.717) is 13.0 Å². The van der Waals surface area contributed by atoms with E-state index in [4.69, 9.17) is 4.74 Å². The van der Waals surface area contributed by atoms with Crippen molar-refractivity contribution in [1.82, 2.24) is 10.2 Å². The van der Waals surface area contributed by atoms with Gasteiger partial charge in [-0.15, -0.1) is 0 Å². The van der Waals surface area contributed by atoms with Crippen LogP contribution in [-0.4, -0.2) is 30.0 Å². The zero-order valence-electron chi connectivity index (χ0n) is 18.0. The molecule has 1 N–H and O–H groups in total. The van der Waals surface area contributed by atoms with Crippen LogP contribution in [0.2, 0.25) is 0 Å². The van der Waals surface area contributed by atoms with Crippen LogP contribution >= 0.6 is 0 Å². The Morgan fingerprint density at radius 1 is 1.07 bits per heavy atom.